The van der Waals surface area contributed by atoms with Crippen LogP contribution in [0.2, 0.25) is 0 Å². The lowest BCUT2D eigenvalue weighted by atomic mass is 10.1. The molecule has 0 bridgehead atoms. The topological polar surface area (TPSA) is 53.3 Å². The zero-order chi connectivity index (χ0) is 13.1. The number of hydrogen-bond acceptors (Lipinski definition) is 4. The summed E-state index contributed by atoms with van der Waals surface area (Å²) in [5, 5.41) is 9.19. The molecule has 1 aliphatic heterocycles. The van der Waals surface area contributed by atoms with Crippen LogP contribution in [0.3, 0.4) is 0 Å². The van der Waals surface area contributed by atoms with Gasteiger partial charge in [0.1, 0.15) is 12.1 Å². The molecule has 0 aromatic heterocycles. The van der Waals surface area contributed by atoms with Gasteiger partial charge in [0.2, 0.25) is 0 Å². The summed E-state index contributed by atoms with van der Waals surface area (Å²) in [5.41, 5.74) is 2.50. The summed E-state index contributed by atoms with van der Waals surface area (Å²) in [6.07, 6.45) is 1.73. The highest BCUT2D eigenvalue weighted by atomic mass is 16.5. The minimum atomic E-state index is -0.261. The zero-order valence-corrected chi connectivity index (χ0v) is 10.6. The molecule has 18 heavy (non-hydrogen) atoms. The van der Waals surface area contributed by atoms with Crippen molar-refractivity contribution in [2.75, 3.05) is 18.6 Å². The van der Waals surface area contributed by atoms with Gasteiger partial charge in [0.25, 0.3) is 0 Å². The molecule has 0 spiro atoms. The predicted molar refractivity (Wildman–Crippen MR) is 68.3 cm³/mol. The maximum atomic E-state index is 11.8. The van der Waals surface area contributed by atoms with Crippen molar-refractivity contribution in [1.82, 2.24) is 0 Å². The molecule has 0 amide bonds. The van der Waals surface area contributed by atoms with E-state index < -0.39 is 0 Å². The van der Waals surface area contributed by atoms with Crippen LogP contribution in [0, 0.1) is 18.3 Å². The van der Waals surface area contributed by atoms with Crippen LogP contribution in [0.4, 0.5) is 5.69 Å². The van der Waals surface area contributed by atoms with Gasteiger partial charge in [0.05, 0.1) is 18.4 Å². The second-order valence-electron chi connectivity index (χ2n) is 4.46. The van der Waals surface area contributed by atoms with E-state index in [9.17, 15) is 10.1 Å². The Labute approximate surface area is 107 Å². The Hall–Kier alpha value is -2.02. The van der Waals surface area contributed by atoms with Crippen molar-refractivity contribution in [3.05, 3.63) is 29.3 Å². The number of methoxy groups -OCH3 is 1. The average Bonchev–Trinajstić information content (AvgIpc) is 2.86. The van der Waals surface area contributed by atoms with Crippen molar-refractivity contribution in [1.29, 1.82) is 5.26 Å². The smallest absolute Gasteiger partial charge is 0.328 e. The van der Waals surface area contributed by atoms with Crippen LogP contribution in [0.15, 0.2) is 18.2 Å². The number of nitrogens with zero attached hydrogens (tertiary/aromatic N) is 2. The van der Waals surface area contributed by atoms with Crippen LogP contribution in [-0.4, -0.2) is 25.7 Å². The number of carbonyl (C=O) groups excluding carboxylic acids is 1. The number of benzene rings is 1. The fourth-order valence-electron chi connectivity index (χ4n) is 2.55. The molecular formula is C14H16N2O2. The highest BCUT2D eigenvalue weighted by Gasteiger charge is 2.33. The maximum Gasteiger partial charge on any atom is 0.328 e. The van der Waals surface area contributed by atoms with Gasteiger partial charge in [-0.3, -0.25) is 0 Å². The molecule has 1 saturated heterocycles. The number of esters is 1. The van der Waals surface area contributed by atoms with Gasteiger partial charge in [-0.25, -0.2) is 4.79 Å². The monoisotopic (exact) mass is 244 g/mol. The van der Waals surface area contributed by atoms with Crippen LogP contribution in [0.1, 0.15) is 24.0 Å². The summed E-state index contributed by atoms with van der Waals surface area (Å²) in [4.78, 5) is 13.8. The van der Waals surface area contributed by atoms with E-state index >= 15 is 0 Å². The van der Waals surface area contributed by atoms with E-state index in [1.54, 1.807) is 6.07 Å². The number of anilines is 1. The number of para-hydroxylation sites is 1. The van der Waals surface area contributed by atoms with Gasteiger partial charge in [0.15, 0.2) is 0 Å². The highest BCUT2D eigenvalue weighted by molar-refractivity contribution is 5.82. The van der Waals surface area contributed by atoms with E-state index in [0.29, 0.717) is 5.56 Å². The van der Waals surface area contributed by atoms with E-state index in [1.165, 1.54) is 7.11 Å². The third-order valence-corrected chi connectivity index (χ3v) is 3.37. The van der Waals surface area contributed by atoms with Crippen molar-refractivity contribution in [3.8, 4) is 6.07 Å². The highest BCUT2D eigenvalue weighted by Crippen LogP contribution is 2.31. The van der Waals surface area contributed by atoms with Crippen LogP contribution in [0.25, 0.3) is 0 Å². The second kappa shape index (κ2) is 5.09. The molecule has 0 radical (unpaired) electrons. The largest absolute Gasteiger partial charge is 0.467 e. The number of aryl methyl sites for hydroxylation is 1. The van der Waals surface area contributed by atoms with E-state index in [0.717, 1.165) is 30.6 Å². The van der Waals surface area contributed by atoms with Crippen molar-refractivity contribution < 1.29 is 9.53 Å². The molecule has 1 aromatic rings. The number of carbonyl (C=O) groups is 1. The van der Waals surface area contributed by atoms with Gasteiger partial charge in [0, 0.05) is 6.54 Å². The molecule has 1 atom stereocenters. The Morgan fingerprint density at radius 2 is 2.33 bits per heavy atom. The molecule has 1 unspecified atom stereocenters. The Kier molecular flexibility index (Phi) is 3.52. The van der Waals surface area contributed by atoms with E-state index in [-0.39, 0.29) is 12.0 Å². The molecule has 0 saturated carbocycles. The lowest BCUT2D eigenvalue weighted by molar-refractivity contribution is -0.141. The molecule has 0 N–H and O–H groups in total. The van der Waals surface area contributed by atoms with E-state index in [4.69, 9.17) is 4.74 Å². The summed E-state index contributed by atoms with van der Waals surface area (Å²) in [5.74, 6) is -0.223. The van der Waals surface area contributed by atoms with Gasteiger partial charge < -0.3 is 9.64 Å². The first-order chi connectivity index (χ1) is 8.69. The van der Waals surface area contributed by atoms with Crippen molar-refractivity contribution in [2.45, 2.75) is 25.8 Å². The summed E-state index contributed by atoms with van der Waals surface area (Å²) in [6.45, 7) is 2.75. The SMILES string of the molecule is COC(=O)C1CCCN1c1c(C)cccc1C#N. The summed E-state index contributed by atoms with van der Waals surface area (Å²) < 4.78 is 4.84. The molecule has 94 valence electrons. The van der Waals surface area contributed by atoms with Gasteiger partial charge >= 0.3 is 5.97 Å². The molecule has 1 aromatic carbocycles. The summed E-state index contributed by atoms with van der Waals surface area (Å²) in [7, 11) is 1.40. The minimum absolute atomic E-state index is 0.223. The third-order valence-electron chi connectivity index (χ3n) is 3.37. The summed E-state index contributed by atoms with van der Waals surface area (Å²) >= 11 is 0. The molecule has 1 fully saturated rings. The molecule has 1 heterocycles. The normalized spacial score (nSPS) is 18.5. The lowest BCUT2D eigenvalue weighted by Crippen LogP contribution is -2.37. The molecule has 0 aliphatic carbocycles. The van der Waals surface area contributed by atoms with Gasteiger partial charge in [-0.1, -0.05) is 12.1 Å². The Morgan fingerprint density at radius 3 is 3.00 bits per heavy atom. The zero-order valence-electron chi connectivity index (χ0n) is 10.6. The fraction of sp³-hybridized carbons (Fsp3) is 0.429. The van der Waals surface area contributed by atoms with E-state index in [1.807, 2.05) is 24.0 Å². The van der Waals surface area contributed by atoms with Gasteiger partial charge in [-0.15, -0.1) is 0 Å². The predicted octanol–water partition coefficient (Wildman–Crippen LogP) is 2.01. The third kappa shape index (κ3) is 2.04. The van der Waals surface area contributed by atoms with Crippen LogP contribution in [-0.2, 0) is 9.53 Å². The first-order valence-electron chi connectivity index (χ1n) is 6.03. The first-order valence-corrected chi connectivity index (χ1v) is 6.03. The van der Waals surface area contributed by atoms with E-state index in [2.05, 4.69) is 6.07 Å². The summed E-state index contributed by atoms with van der Waals surface area (Å²) in [6, 6.07) is 7.55. The Bertz CT molecular complexity index is 505. The molecule has 1 aliphatic rings. The minimum Gasteiger partial charge on any atom is -0.467 e. The van der Waals surface area contributed by atoms with Gasteiger partial charge in [-0.2, -0.15) is 5.26 Å². The molecule has 2 rings (SSSR count). The second-order valence-corrected chi connectivity index (χ2v) is 4.46. The van der Waals surface area contributed by atoms with Crippen LogP contribution < -0.4 is 4.90 Å². The number of ether oxygens (including phenoxy) is 1. The maximum absolute atomic E-state index is 11.8. The number of nitriles is 1. The Balaban J connectivity index is 2.42. The first kappa shape index (κ1) is 12.4. The number of rotatable bonds is 2. The standard InChI is InChI=1S/C14H16N2O2/c1-10-5-3-6-11(9-15)13(10)16-8-4-7-12(16)14(17)18-2/h3,5-6,12H,4,7-8H2,1-2H3. The van der Waals surface area contributed by atoms with Crippen LogP contribution >= 0.6 is 0 Å². The molecule has 4 nitrogen and oxygen atoms in total. The average molecular weight is 244 g/mol. The van der Waals surface area contributed by atoms with Gasteiger partial charge in [-0.05, 0) is 31.4 Å². The fourth-order valence-corrected chi connectivity index (χ4v) is 2.55. The molecular weight excluding hydrogens is 228 g/mol. The van der Waals surface area contributed by atoms with Crippen molar-refractivity contribution in [3.63, 3.8) is 0 Å². The number of hydrogen-bond donors (Lipinski definition) is 0. The quantitative estimate of drug-likeness (QED) is 0.747. The van der Waals surface area contributed by atoms with Crippen molar-refractivity contribution in [2.24, 2.45) is 0 Å². The lowest BCUT2D eigenvalue weighted by Gasteiger charge is -2.27. The van der Waals surface area contributed by atoms with Crippen LogP contribution in [0.5, 0.6) is 0 Å². The van der Waals surface area contributed by atoms with Crippen molar-refractivity contribution >= 4 is 11.7 Å². The Morgan fingerprint density at radius 1 is 1.56 bits per heavy atom. The molecule has 4 heteroatoms.